The number of esters is 1. The normalized spacial score (nSPS) is 10.0. The molecule has 0 atom stereocenters. The molecule has 0 saturated heterocycles. The quantitative estimate of drug-likeness (QED) is 0.820. The summed E-state index contributed by atoms with van der Waals surface area (Å²) < 4.78 is 6.34. The van der Waals surface area contributed by atoms with Gasteiger partial charge in [-0.2, -0.15) is 5.10 Å². The van der Waals surface area contributed by atoms with Crippen molar-refractivity contribution in [1.29, 1.82) is 0 Å². The summed E-state index contributed by atoms with van der Waals surface area (Å²) in [4.78, 5) is 11.2. The average molecular weight is 231 g/mol. The van der Waals surface area contributed by atoms with Crippen LogP contribution in [0.25, 0.3) is 0 Å². The molecule has 1 heterocycles. The van der Waals surface area contributed by atoms with E-state index in [1.807, 2.05) is 19.3 Å². The third-order valence-corrected chi connectivity index (χ3v) is 2.29. The number of aromatic nitrogens is 2. The highest BCUT2D eigenvalue weighted by molar-refractivity contribution is 5.89. The largest absolute Gasteiger partial charge is 0.465 e. The molecule has 0 saturated carbocycles. The Balaban J connectivity index is 2.10. The minimum absolute atomic E-state index is 0.339. The molecule has 0 aliphatic carbocycles. The summed E-state index contributed by atoms with van der Waals surface area (Å²) in [7, 11) is 3.22. The smallest absolute Gasteiger partial charge is 0.337 e. The molecule has 1 aromatic carbocycles. The molecule has 1 N–H and O–H groups in total. The lowest BCUT2D eigenvalue weighted by atomic mass is 10.2. The van der Waals surface area contributed by atoms with E-state index in [4.69, 9.17) is 0 Å². The van der Waals surface area contributed by atoms with Crippen LogP contribution in [0.1, 0.15) is 10.4 Å². The lowest BCUT2D eigenvalue weighted by molar-refractivity contribution is 0.0601. The highest BCUT2D eigenvalue weighted by atomic mass is 16.5. The van der Waals surface area contributed by atoms with Crippen LogP contribution < -0.4 is 5.32 Å². The Kier molecular flexibility index (Phi) is 3.09. The van der Waals surface area contributed by atoms with Crippen LogP contribution in [0, 0.1) is 0 Å². The van der Waals surface area contributed by atoms with Crippen molar-refractivity contribution >= 4 is 17.5 Å². The van der Waals surface area contributed by atoms with Gasteiger partial charge in [-0.15, -0.1) is 0 Å². The number of nitrogens with one attached hydrogen (secondary N) is 1. The topological polar surface area (TPSA) is 56.1 Å². The highest BCUT2D eigenvalue weighted by Crippen LogP contribution is 2.15. The van der Waals surface area contributed by atoms with Gasteiger partial charge >= 0.3 is 5.97 Å². The number of ether oxygens (including phenoxy) is 1. The predicted molar refractivity (Wildman–Crippen MR) is 64.3 cm³/mol. The van der Waals surface area contributed by atoms with Gasteiger partial charge in [-0.3, -0.25) is 4.68 Å². The van der Waals surface area contributed by atoms with E-state index in [0.29, 0.717) is 5.56 Å². The first-order valence-corrected chi connectivity index (χ1v) is 5.14. The molecule has 0 fully saturated rings. The third-order valence-electron chi connectivity index (χ3n) is 2.29. The summed E-state index contributed by atoms with van der Waals surface area (Å²) in [6.07, 6.45) is 1.85. The molecular formula is C12H13N3O2. The van der Waals surface area contributed by atoms with Crippen molar-refractivity contribution in [2.24, 2.45) is 7.05 Å². The molecule has 2 rings (SSSR count). The van der Waals surface area contributed by atoms with E-state index in [9.17, 15) is 4.79 Å². The molecule has 17 heavy (non-hydrogen) atoms. The maximum atomic E-state index is 11.2. The Labute approximate surface area is 99.0 Å². The number of nitrogens with zero attached hydrogens (tertiary/aromatic N) is 2. The maximum absolute atomic E-state index is 11.2. The number of anilines is 2. The fourth-order valence-electron chi connectivity index (χ4n) is 1.44. The summed E-state index contributed by atoms with van der Waals surface area (Å²) in [5.74, 6) is 0.424. The van der Waals surface area contributed by atoms with Crippen molar-refractivity contribution in [3.8, 4) is 0 Å². The number of hydrogen-bond donors (Lipinski definition) is 1. The van der Waals surface area contributed by atoms with Crippen LogP contribution in [0.2, 0.25) is 0 Å². The average Bonchev–Trinajstić information content (AvgIpc) is 2.75. The number of rotatable bonds is 3. The van der Waals surface area contributed by atoms with Gasteiger partial charge in [0.15, 0.2) is 5.82 Å². The van der Waals surface area contributed by atoms with Crippen LogP contribution in [-0.2, 0) is 11.8 Å². The van der Waals surface area contributed by atoms with Crippen molar-refractivity contribution in [3.63, 3.8) is 0 Å². The lowest BCUT2D eigenvalue weighted by Gasteiger charge is -2.04. The Hall–Kier alpha value is -2.30. The molecule has 0 aliphatic heterocycles. The molecule has 0 aliphatic rings. The minimum atomic E-state index is -0.339. The van der Waals surface area contributed by atoms with Crippen LogP contribution in [0.15, 0.2) is 36.5 Å². The van der Waals surface area contributed by atoms with Gasteiger partial charge in [-0.05, 0) is 24.3 Å². The van der Waals surface area contributed by atoms with Gasteiger partial charge in [0.1, 0.15) is 0 Å². The number of benzene rings is 1. The van der Waals surface area contributed by atoms with E-state index in [1.165, 1.54) is 7.11 Å². The maximum Gasteiger partial charge on any atom is 0.337 e. The van der Waals surface area contributed by atoms with E-state index in [1.54, 1.807) is 28.9 Å². The van der Waals surface area contributed by atoms with E-state index in [-0.39, 0.29) is 5.97 Å². The summed E-state index contributed by atoms with van der Waals surface area (Å²) in [6.45, 7) is 0. The van der Waals surface area contributed by atoms with E-state index < -0.39 is 0 Å². The van der Waals surface area contributed by atoms with Crippen molar-refractivity contribution in [2.75, 3.05) is 12.4 Å². The molecule has 1 aromatic heterocycles. The molecule has 0 bridgehead atoms. The molecule has 0 amide bonds. The SMILES string of the molecule is COC(=O)c1ccc(Nc2ccn(C)n2)cc1. The van der Waals surface area contributed by atoms with Crippen LogP contribution in [0.3, 0.4) is 0 Å². The Morgan fingerprint density at radius 1 is 1.29 bits per heavy atom. The van der Waals surface area contributed by atoms with Gasteiger partial charge in [0.25, 0.3) is 0 Å². The first-order valence-electron chi connectivity index (χ1n) is 5.14. The number of aryl methyl sites for hydroxylation is 1. The first kappa shape index (κ1) is 11.2. The summed E-state index contributed by atoms with van der Waals surface area (Å²) >= 11 is 0. The van der Waals surface area contributed by atoms with Crippen LogP contribution in [0.4, 0.5) is 11.5 Å². The zero-order valence-electron chi connectivity index (χ0n) is 9.68. The highest BCUT2D eigenvalue weighted by Gasteiger charge is 2.04. The summed E-state index contributed by atoms with van der Waals surface area (Å²) in [5.41, 5.74) is 1.40. The lowest BCUT2D eigenvalue weighted by Crippen LogP contribution is -2.01. The van der Waals surface area contributed by atoms with E-state index >= 15 is 0 Å². The van der Waals surface area contributed by atoms with Gasteiger partial charge in [-0.25, -0.2) is 4.79 Å². The Bertz CT molecular complexity index is 517. The second-order valence-corrected chi connectivity index (χ2v) is 3.57. The fourth-order valence-corrected chi connectivity index (χ4v) is 1.44. The zero-order chi connectivity index (χ0) is 12.3. The molecular weight excluding hydrogens is 218 g/mol. The van der Waals surface area contributed by atoms with Gasteiger partial charge in [0.05, 0.1) is 12.7 Å². The number of carbonyl (C=O) groups is 1. The molecule has 0 spiro atoms. The van der Waals surface area contributed by atoms with Crippen LogP contribution in [0.5, 0.6) is 0 Å². The van der Waals surface area contributed by atoms with Gasteiger partial charge in [0.2, 0.25) is 0 Å². The first-order chi connectivity index (χ1) is 8.19. The standard InChI is InChI=1S/C12H13N3O2/c1-15-8-7-11(14-15)13-10-5-3-9(4-6-10)12(16)17-2/h3-8H,1-2H3,(H,13,14). The van der Waals surface area contributed by atoms with Crippen LogP contribution >= 0.6 is 0 Å². The predicted octanol–water partition coefficient (Wildman–Crippen LogP) is 1.95. The minimum Gasteiger partial charge on any atom is -0.465 e. The molecule has 5 nitrogen and oxygen atoms in total. The zero-order valence-corrected chi connectivity index (χ0v) is 9.68. The Morgan fingerprint density at radius 3 is 2.53 bits per heavy atom. The molecule has 88 valence electrons. The van der Waals surface area contributed by atoms with Gasteiger partial charge in [-0.1, -0.05) is 0 Å². The third kappa shape index (κ3) is 2.63. The number of methoxy groups -OCH3 is 1. The van der Waals surface area contributed by atoms with Crippen molar-refractivity contribution in [3.05, 3.63) is 42.1 Å². The second kappa shape index (κ2) is 4.69. The second-order valence-electron chi connectivity index (χ2n) is 3.57. The molecule has 0 unspecified atom stereocenters. The number of hydrogen-bond acceptors (Lipinski definition) is 4. The van der Waals surface area contributed by atoms with Gasteiger partial charge in [0, 0.05) is 25.0 Å². The van der Waals surface area contributed by atoms with E-state index in [0.717, 1.165) is 11.5 Å². The summed E-state index contributed by atoms with van der Waals surface area (Å²) in [6, 6.07) is 8.89. The Morgan fingerprint density at radius 2 is 2.00 bits per heavy atom. The van der Waals surface area contributed by atoms with Crippen molar-refractivity contribution in [1.82, 2.24) is 9.78 Å². The monoisotopic (exact) mass is 231 g/mol. The molecule has 5 heteroatoms. The molecule has 0 radical (unpaired) electrons. The van der Waals surface area contributed by atoms with E-state index in [2.05, 4.69) is 15.2 Å². The van der Waals surface area contributed by atoms with Crippen molar-refractivity contribution < 1.29 is 9.53 Å². The van der Waals surface area contributed by atoms with Gasteiger partial charge < -0.3 is 10.1 Å². The molecule has 2 aromatic rings. The number of carbonyl (C=O) groups excluding carboxylic acids is 1. The summed E-state index contributed by atoms with van der Waals surface area (Å²) in [5, 5.41) is 7.32. The van der Waals surface area contributed by atoms with Crippen molar-refractivity contribution in [2.45, 2.75) is 0 Å². The fraction of sp³-hybridized carbons (Fsp3) is 0.167. The van der Waals surface area contributed by atoms with Crippen LogP contribution in [-0.4, -0.2) is 22.9 Å².